The molecule has 1 fully saturated rings. The van der Waals surface area contributed by atoms with Gasteiger partial charge in [-0.3, -0.25) is 9.59 Å². The molecule has 1 aromatic carbocycles. The molecule has 1 N–H and O–H groups in total. The first kappa shape index (κ1) is 19.2. The van der Waals surface area contributed by atoms with Crippen LogP contribution in [0.2, 0.25) is 5.02 Å². The number of ketones is 1. The second kappa shape index (κ2) is 8.34. The zero-order valence-electron chi connectivity index (χ0n) is 14.3. The van der Waals surface area contributed by atoms with Gasteiger partial charge in [-0.1, -0.05) is 11.6 Å². The van der Waals surface area contributed by atoms with E-state index in [4.69, 9.17) is 21.1 Å². The number of Topliss-reactive ketones (excluding diaryl/α,β-unsaturated/α-hetero) is 1. The number of halogens is 1. The minimum atomic E-state index is -1.57. The molecule has 0 aliphatic heterocycles. The molecule has 0 amide bonds. The number of rotatable bonds is 7. The summed E-state index contributed by atoms with van der Waals surface area (Å²) in [5.74, 6) is -1.64. The largest absolute Gasteiger partial charge is 0.465 e. The summed E-state index contributed by atoms with van der Waals surface area (Å²) in [7, 11) is 0. The Morgan fingerprint density at radius 2 is 1.84 bits per heavy atom. The van der Waals surface area contributed by atoms with Crippen LogP contribution in [-0.4, -0.2) is 37.0 Å². The van der Waals surface area contributed by atoms with Gasteiger partial charge in [0.25, 0.3) is 0 Å². The Hall–Kier alpha value is -2.08. The molecule has 7 heteroatoms. The Bertz CT molecular complexity index is 645. The van der Waals surface area contributed by atoms with Crippen molar-refractivity contribution in [1.82, 2.24) is 0 Å². The van der Waals surface area contributed by atoms with E-state index in [0.717, 1.165) is 0 Å². The molecule has 0 saturated heterocycles. The van der Waals surface area contributed by atoms with E-state index in [1.807, 2.05) is 0 Å². The van der Waals surface area contributed by atoms with Gasteiger partial charge in [-0.2, -0.15) is 0 Å². The molecule has 6 nitrogen and oxygen atoms in total. The number of esters is 2. The molecule has 2 rings (SSSR count). The fourth-order valence-electron chi connectivity index (χ4n) is 3.11. The average molecular weight is 368 g/mol. The van der Waals surface area contributed by atoms with E-state index in [1.165, 1.54) is 0 Å². The number of carbonyl (C=O) groups is 3. The number of anilines is 1. The van der Waals surface area contributed by atoms with E-state index in [9.17, 15) is 14.4 Å². The normalized spacial score (nSPS) is 20.8. The van der Waals surface area contributed by atoms with Gasteiger partial charge >= 0.3 is 11.9 Å². The first-order valence-electron chi connectivity index (χ1n) is 8.35. The third kappa shape index (κ3) is 3.95. The van der Waals surface area contributed by atoms with Gasteiger partial charge in [0, 0.05) is 17.1 Å². The van der Waals surface area contributed by atoms with Gasteiger partial charge in [0.15, 0.2) is 11.2 Å². The smallest absolute Gasteiger partial charge is 0.330 e. The molecule has 25 heavy (non-hydrogen) atoms. The highest BCUT2D eigenvalue weighted by atomic mass is 35.5. The quantitative estimate of drug-likeness (QED) is 0.589. The van der Waals surface area contributed by atoms with Crippen molar-refractivity contribution in [2.75, 3.05) is 18.5 Å². The van der Waals surface area contributed by atoms with Gasteiger partial charge in [-0.05, 0) is 51.0 Å². The van der Waals surface area contributed by atoms with Crippen molar-refractivity contribution in [1.29, 1.82) is 0 Å². The van der Waals surface area contributed by atoms with Crippen LogP contribution in [0.15, 0.2) is 24.3 Å². The molecule has 0 spiro atoms. The van der Waals surface area contributed by atoms with Crippen molar-refractivity contribution < 1.29 is 23.9 Å². The number of carbonyl (C=O) groups excluding carboxylic acids is 3. The summed E-state index contributed by atoms with van der Waals surface area (Å²) in [5, 5.41) is 3.53. The standard InChI is InChI=1S/C18H22ClNO5/c1-3-24-16(22)15(20-13-9-7-12(19)8-10-13)18(17(23)25-4-2)11-5-6-14(18)21/h7-10,15,20H,3-6,11H2,1-2H3. The second-order valence-electron chi connectivity index (χ2n) is 5.80. The van der Waals surface area contributed by atoms with E-state index < -0.39 is 23.4 Å². The van der Waals surface area contributed by atoms with Crippen LogP contribution < -0.4 is 5.32 Å². The molecule has 0 radical (unpaired) electrons. The van der Waals surface area contributed by atoms with Crippen molar-refractivity contribution in [3.63, 3.8) is 0 Å². The highest BCUT2D eigenvalue weighted by Crippen LogP contribution is 2.41. The van der Waals surface area contributed by atoms with Crippen molar-refractivity contribution >= 4 is 35.0 Å². The van der Waals surface area contributed by atoms with Gasteiger partial charge in [-0.25, -0.2) is 4.79 Å². The number of nitrogens with one attached hydrogen (secondary N) is 1. The zero-order chi connectivity index (χ0) is 18.4. The highest BCUT2D eigenvalue weighted by Gasteiger charge is 2.58. The van der Waals surface area contributed by atoms with Crippen molar-refractivity contribution in [3.8, 4) is 0 Å². The lowest BCUT2D eigenvalue weighted by atomic mass is 9.77. The third-order valence-corrected chi connectivity index (χ3v) is 4.53. The SMILES string of the molecule is CCOC(=O)C(Nc1ccc(Cl)cc1)C1(C(=O)OCC)CCCC1=O. The van der Waals surface area contributed by atoms with Gasteiger partial charge in [0.1, 0.15) is 6.04 Å². The van der Waals surface area contributed by atoms with Crippen LogP contribution in [-0.2, 0) is 23.9 Å². The van der Waals surface area contributed by atoms with Gasteiger partial charge in [0.05, 0.1) is 13.2 Å². The summed E-state index contributed by atoms with van der Waals surface area (Å²) in [4.78, 5) is 37.9. The molecule has 1 aliphatic rings. The lowest BCUT2D eigenvalue weighted by Gasteiger charge is -2.33. The maximum atomic E-state index is 12.7. The van der Waals surface area contributed by atoms with Crippen LogP contribution in [0, 0.1) is 5.41 Å². The summed E-state index contributed by atoms with van der Waals surface area (Å²) >= 11 is 5.88. The van der Waals surface area contributed by atoms with E-state index in [0.29, 0.717) is 17.1 Å². The van der Waals surface area contributed by atoms with Gasteiger partial charge in [0.2, 0.25) is 0 Å². The summed E-state index contributed by atoms with van der Waals surface area (Å²) in [6.07, 6.45) is 1.00. The van der Waals surface area contributed by atoms with Crippen LogP contribution in [0.5, 0.6) is 0 Å². The Morgan fingerprint density at radius 1 is 1.20 bits per heavy atom. The number of hydrogen-bond donors (Lipinski definition) is 1. The monoisotopic (exact) mass is 367 g/mol. The molecule has 0 bridgehead atoms. The molecule has 1 saturated carbocycles. The van der Waals surface area contributed by atoms with Crippen molar-refractivity contribution in [2.45, 2.75) is 39.2 Å². The molecule has 0 aromatic heterocycles. The third-order valence-electron chi connectivity index (χ3n) is 4.28. The Labute approximate surface area is 151 Å². The molecular formula is C18H22ClNO5. The number of ether oxygens (including phenoxy) is 2. The fourth-order valence-corrected chi connectivity index (χ4v) is 3.24. The summed E-state index contributed by atoms with van der Waals surface area (Å²) in [6, 6.07) is 5.50. The molecule has 1 aliphatic carbocycles. The van der Waals surface area contributed by atoms with Gasteiger partial charge in [-0.15, -0.1) is 0 Å². The van der Waals surface area contributed by atoms with E-state index in [-0.39, 0.29) is 31.8 Å². The van der Waals surface area contributed by atoms with Crippen LogP contribution in [0.25, 0.3) is 0 Å². The van der Waals surface area contributed by atoms with E-state index in [1.54, 1.807) is 38.1 Å². The predicted molar refractivity (Wildman–Crippen MR) is 93.4 cm³/mol. The first-order chi connectivity index (χ1) is 12.0. The number of hydrogen-bond acceptors (Lipinski definition) is 6. The van der Waals surface area contributed by atoms with Crippen LogP contribution >= 0.6 is 11.6 Å². The lowest BCUT2D eigenvalue weighted by Crippen LogP contribution is -2.55. The minimum Gasteiger partial charge on any atom is -0.465 e. The molecule has 136 valence electrons. The zero-order valence-corrected chi connectivity index (χ0v) is 15.1. The molecular weight excluding hydrogens is 346 g/mol. The van der Waals surface area contributed by atoms with Crippen LogP contribution in [0.4, 0.5) is 5.69 Å². The summed E-state index contributed by atoms with van der Waals surface area (Å²) in [5.41, 5.74) is -1.01. The average Bonchev–Trinajstić information content (AvgIpc) is 2.97. The molecule has 0 heterocycles. The lowest BCUT2D eigenvalue weighted by molar-refractivity contribution is -0.166. The highest BCUT2D eigenvalue weighted by molar-refractivity contribution is 6.30. The Morgan fingerprint density at radius 3 is 2.36 bits per heavy atom. The molecule has 2 unspecified atom stereocenters. The predicted octanol–water partition coefficient (Wildman–Crippen LogP) is 2.99. The van der Waals surface area contributed by atoms with Crippen LogP contribution in [0.3, 0.4) is 0 Å². The van der Waals surface area contributed by atoms with E-state index >= 15 is 0 Å². The maximum absolute atomic E-state index is 12.7. The van der Waals surface area contributed by atoms with Crippen molar-refractivity contribution in [2.24, 2.45) is 5.41 Å². The summed E-state index contributed by atoms with van der Waals surface area (Å²) < 4.78 is 10.3. The maximum Gasteiger partial charge on any atom is 0.330 e. The van der Waals surface area contributed by atoms with E-state index in [2.05, 4.69) is 5.32 Å². The Kier molecular flexibility index (Phi) is 6.42. The van der Waals surface area contributed by atoms with Gasteiger partial charge < -0.3 is 14.8 Å². The van der Waals surface area contributed by atoms with Crippen LogP contribution in [0.1, 0.15) is 33.1 Å². The fraction of sp³-hybridized carbons (Fsp3) is 0.500. The first-order valence-corrected chi connectivity index (χ1v) is 8.72. The minimum absolute atomic E-state index is 0.129. The number of benzene rings is 1. The van der Waals surface area contributed by atoms with Crippen molar-refractivity contribution in [3.05, 3.63) is 29.3 Å². The second-order valence-corrected chi connectivity index (χ2v) is 6.24. The molecule has 1 aromatic rings. The summed E-state index contributed by atoms with van der Waals surface area (Å²) in [6.45, 7) is 3.61. The topological polar surface area (TPSA) is 81.7 Å². The Balaban J connectivity index is 2.43. The molecule has 2 atom stereocenters.